The van der Waals surface area contributed by atoms with Crippen molar-refractivity contribution in [2.24, 2.45) is 4.99 Å². The molecule has 1 aromatic rings. The Bertz CT molecular complexity index is 505. The largest absolute Gasteiger partial charge is 0.469 e. The number of esters is 1. The number of carbonyl (C=O) groups is 1. The van der Waals surface area contributed by atoms with Gasteiger partial charge in [0.2, 0.25) is 0 Å². The van der Waals surface area contributed by atoms with E-state index < -0.39 is 0 Å². The van der Waals surface area contributed by atoms with Gasteiger partial charge < -0.3 is 20.3 Å². The summed E-state index contributed by atoms with van der Waals surface area (Å²) in [5.41, 5.74) is 1.26. The van der Waals surface area contributed by atoms with Crippen LogP contribution in [0.4, 0.5) is 5.69 Å². The molecule has 1 aromatic carbocycles. The first-order chi connectivity index (χ1) is 12.2. The van der Waals surface area contributed by atoms with Gasteiger partial charge in [-0.05, 0) is 38.3 Å². The molecule has 0 heterocycles. The molecule has 0 saturated carbocycles. The van der Waals surface area contributed by atoms with Gasteiger partial charge in [-0.15, -0.1) is 0 Å². The molecule has 0 aliphatic rings. The van der Waals surface area contributed by atoms with E-state index in [4.69, 9.17) is 0 Å². The minimum Gasteiger partial charge on any atom is -0.469 e. The maximum atomic E-state index is 11.0. The highest BCUT2D eigenvalue weighted by atomic mass is 16.5. The Hall–Kier alpha value is -2.24. The number of benzene rings is 1. The molecule has 0 bridgehead atoms. The monoisotopic (exact) mass is 348 g/mol. The summed E-state index contributed by atoms with van der Waals surface area (Å²) in [7, 11) is 3.19. The highest BCUT2D eigenvalue weighted by Gasteiger charge is 2.04. The maximum absolute atomic E-state index is 11.0. The Morgan fingerprint density at radius 3 is 2.40 bits per heavy atom. The summed E-state index contributed by atoms with van der Waals surface area (Å²) in [4.78, 5) is 17.6. The number of nitrogens with one attached hydrogen (secondary N) is 2. The summed E-state index contributed by atoms with van der Waals surface area (Å²) in [6.45, 7) is 5.84. The number of hydrogen-bond acceptors (Lipinski definition) is 4. The van der Waals surface area contributed by atoms with Gasteiger partial charge in [0, 0.05) is 45.3 Å². The second-order valence-electron chi connectivity index (χ2n) is 5.73. The van der Waals surface area contributed by atoms with E-state index in [9.17, 15) is 4.79 Å². The van der Waals surface area contributed by atoms with Gasteiger partial charge in [-0.25, -0.2) is 0 Å². The van der Waals surface area contributed by atoms with Crippen LogP contribution in [0.25, 0.3) is 0 Å². The number of nitrogens with zero attached hydrogens (tertiary/aromatic N) is 2. The van der Waals surface area contributed by atoms with E-state index in [1.54, 1.807) is 7.05 Å². The first-order valence-electron chi connectivity index (χ1n) is 9.02. The maximum Gasteiger partial charge on any atom is 0.305 e. The molecule has 0 spiro atoms. The van der Waals surface area contributed by atoms with Gasteiger partial charge in [-0.2, -0.15) is 0 Å². The molecule has 0 aliphatic carbocycles. The zero-order valence-electron chi connectivity index (χ0n) is 15.8. The van der Waals surface area contributed by atoms with E-state index in [2.05, 4.69) is 56.5 Å². The molecule has 2 N–H and O–H groups in total. The number of carbonyl (C=O) groups excluding carboxylic acids is 1. The van der Waals surface area contributed by atoms with Crippen molar-refractivity contribution in [2.75, 3.05) is 45.2 Å². The first-order valence-corrected chi connectivity index (χ1v) is 9.02. The van der Waals surface area contributed by atoms with Crippen LogP contribution >= 0.6 is 0 Å². The van der Waals surface area contributed by atoms with E-state index in [0.29, 0.717) is 6.42 Å². The molecule has 0 aromatic heterocycles. The zero-order chi connectivity index (χ0) is 18.3. The predicted octanol–water partition coefficient (Wildman–Crippen LogP) is 2.41. The number of hydrogen-bond donors (Lipinski definition) is 2. The molecule has 0 unspecified atom stereocenters. The van der Waals surface area contributed by atoms with E-state index in [1.165, 1.54) is 12.8 Å². The van der Waals surface area contributed by atoms with Crippen molar-refractivity contribution < 1.29 is 9.53 Å². The average Bonchev–Trinajstić information content (AvgIpc) is 2.66. The molecule has 0 atom stereocenters. The molecule has 25 heavy (non-hydrogen) atoms. The van der Waals surface area contributed by atoms with Crippen LogP contribution in [0.3, 0.4) is 0 Å². The summed E-state index contributed by atoms with van der Waals surface area (Å²) < 4.78 is 4.63. The van der Waals surface area contributed by atoms with Crippen LogP contribution in [-0.4, -0.2) is 52.3 Å². The van der Waals surface area contributed by atoms with Gasteiger partial charge in [0.05, 0.1) is 7.11 Å². The molecule has 0 radical (unpaired) electrons. The van der Waals surface area contributed by atoms with E-state index in [0.717, 1.165) is 51.4 Å². The quantitative estimate of drug-likeness (QED) is 0.278. The van der Waals surface area contributed by atoms with Gasteiger partial charge >= 0.3 is 5.97 Å². The fraction of sp³-hybridized carbons (Fsp3) is 0.579. The number of guanidine groups is 1. The van der Waals surface area contributed by atoms with Crippen LogP contribution in [-0.2, 0) is 9.53 Å². The van der Waals surface area contributed by atoms with Crippen molar-refractivity contribution in [1.82, 2.24) is 10.6 Å². The molecule has 1 rings (SSSR count). The number of unbranched alkanes of at least 4 members (excludes halogenated alkanes) is 1. The van der Waals surface area contributed by atoms with Crippen LogP contribution in [0.5, 0.6) is 0 Å². The minimum atomic E-state index is -0.151. The van der Waals surface area contributed by atoms with Crippen molar-refractivity contribution >= 4 is 17.6 Å². The fourth-order valence-corrected chi connectivity index (χ4v) is 2.51. The molecule has 0 aliphatic heterocycles. The molecular formula is C19H32N4O2. The molecular weight excluding hydrogens is 316 g/mol. The summed E-state index contributed by atoms with van der Waals surface area (Å²) in [6.07, 6.45) is 3.23. The van der Waals surface area contributed by atoms with Crippen molar-refractivity contribution in [2.45, 2.75) is 32.6 Å². The van der Waals surface area contributed by atoms with Gasteiger partial charge in [-0.1, -0.05) is 18.2 Å². The topological polar surface area (TPSA) is 66.0 Å². The number of ether oxygens (including phenoxy) is 1. The number of anilines is 1. The first kappa shape index (κ1) is 20.8. The van der Waals surface area contributed by atoms with Gasteiger partial charge in [0.25, 0.3) is 0 Å². The fourth-order valence-electron chi connectivity index (χ4n) is 2.51. The lowest BCUT2D eigenvalue weighted by molar-refractivity contribution is -0.140. The summed E-state index contributed by atoms with van der Waals surface area (Å²) >= 11 is 0. The highest BCUT2D eigenvalue weighted by molar-refractivity contribution is 5.79. The molecule has 0 amide bonds. The Morgan fingerprint density at radius 2 is 1.80 bits per heavy atom. The van der Waals surface area contributed by atoms with Crippen molar-refractivity contribution in [3.8, 4) is 0 Å². The van der Waals surface area contributed by atoms with E-state index in [1.807, 2.05) is 6.07 Å². The number of rotatable bonds is 11. The normalized spacial score (nSPS) is 11.1. The van der Waals surface area contributed by atoms with Gasteiger partial charge in [0.15, 0.2) is 5.96 Å². The number of methoxy groups -OCH3 is 1. The molecule has 0 fully saturated rings. The SMILES string of the molecule is CCN(CCCNC(=NC)NCCCCC(=O)OC)c1ccccc1. The summed E-state index contributed by atoms with van der Waals surface area (Å²) in [5.74, 6) is 0.655. The third kappa shape index (κ3) is 8.98. The van der Waals surface area contributed by atoms with E-state index in [-0.39, 0.29) is 5.97 Å². The Kier molecular flexibility index (Phi) is 10.9. The zero-order valence-corrected chi connectivity index (χ0v) is 15.8. The molecule has 6 heteroatoms. The lowest BCUT2D eigenvalue weighted by Gasteiger charge is -2.23. The van der Waals surface area contributed by atoms with E-state index >= 15 is 0 Å². The Labute approximate surface area is 151 Å². The third-order valence-electron chi connectivity index (χ3n) is 3.95. The van der Waals surface area contributed by atoms with Crippen LogP contribution in [0.15, 0.2) is 35.3 Å². The Balaban J connectivity index is 2.17. The van der Waals surface area contributed by atoms with Crippen molar-refractivity contribution in [3.63, 3.8) is 0 Å². The molecule has 140 valence electrons. The van der Waals surface area contributed by atoms with Crippen LogP contribution in [0.1, 0.15) is 32.6 Å². The second kappa shape index (κ2) is 13.1. The molecule has 6 nitrogen and oxygen atoms in total. The van der Waals surface area contributed by atoms with Crippen molar-refractivity contribution in [3.05, 3.63) is 30.3 Å². The summed E-state index contributed by atoms with van der Waals surface area (Å²) in [6, 6.07) is 10.5. The average molecular weight is 348 g/mol. The highest BCUT2D eigenvalue weighted by Crippen LogP contribution is 2.12. The predicted molar refractivity (Wildman–Crippen MR) is 104 cm³/mol. The minimum absolute atomic E-state index is 0.151. The van der Waals surface area contributed by atoms with Gasteiger partial charge in [-0.3, -0.25) is 9.79 Å². The van der Waals surface area contributed by atoms with Gasteiger partial charge in [0.1, 0.15) is 0 Å². The number of aliphatic imine (C=N–C) groups is 1. The van der Waals surface area contributed by atoms with Crippen LogP contribution < -0.4 is 15.5 Å². The lowest BCUT2D eigenvalue weighted by atomic mass is 10.2. The smallest absolute Gasteiger partial charge is 0.305 e. The lowest BCUT2D eigenvalue weighted by Crippen LogP contribution is -2.39. The van der Waals surface area contributed by atoms with Crippen molar-refractivity contribution in [1.29, 1.82) is 0 Å². The second-order valence-corrected chi connectivity index (χ2v) is 5.73. The standard InChI is InChI=1S/C19H32N4O2/c1-4-23(17-11-6-5-7-12-17)16-10-15-22-19(20-2)21-14-9-8-13-18(24)25-3/h5-7,11-12H,4,8-10,13-16H2,1-3H3,(H2,20,21,22). The van der Waals surface area contributed by atoms with Crippen LogP contribution in [0.2, 0.25) is 0 Å². The Morgan fingerprint density at radius 1 is 1.12 bits per heavy atom. The van der Waals surface area contributed by atoms with Crippen LogP contribution in [0, 0.1) is 0 Å². The summed E-state index contributed by atoms with van der Waals surface area (Å²) in [5, 5.41) is 6.60. The third-order valence-corrected chi connectivity index (χ3v) is 3.95. The molecule has 0 saturated heterocycles. The number of para-hydroxylation sites is 1.